The lowest BCUT2D eigenvalue weighted by Gasteiger charge is -2.04. The number of hydrogen-bond acceptors (Lipinski definition) is 2. The normalized spacial score (nSPS) is 12.5. The molecule has 4 nitrogen and oxygen atoms in total. The Kier molecular flexibility index (Phi) is 3.46. The summed E-state index contributed by atoms with van der Waals surface area (Å²) in [5.41, 5.74) is 4.80. The van der Waals surface area contributed by atoms with Crippen molar-refractivity contribution in [2.24, 2.45) is 11.7 Å². The predicted molar refractivity (Wildman–Crippen MR) is 35.2 cm³/mol. The third-order valence-electron chi connectivity index (χ3n) is 1.29. The lowest BCUT2D eigenvalue weighted by Crippen LogP contribution is -2.21. The fourth-order valence-electron chi connectivity index (χ4n) is 0.649. The van der Waals surface area contributed by atoms with E-state index in [4.69, 9.17) is 10.8 Å². The molecule has 10 heavy (non-hydrogen) atoms. The SMILES string of the molecule is CC[C@@H](CC(N)=O)C(=O)O. The van der Waals surface area contributed by atoms with Gasteiger partial charge in [-0.15, -0.1) is 0 Å². The molecule has 0 saturated heterocycles. The molecular weight excluding hydrogens is 134 g/mol. The zero-order valence-corrected chi connectivity index (χ0v) is 5.83. The van der Waals surface area contributed by atoms with Crippen molar-refractivity contribution >= 4 is 11.9 Å². The molecule has 0 saturated carbocycles. The maximum Gasteiger partial charge on any atom is 0.307 e. The van der Waals surface area contributed by atoms with E-state index in [9.17, 15) is 9.59 Å². The summed E-state index contributed by atoms with van der Waals surface area (Å²) in [6.07, 6.45) is 0.379. The number of carboxylic acid groups (broad SMARTS) is 1. The molecule has 0 spiro atoms. The number of carbonyl (C=O) groups excluding carboxylic acids is 1. The van der Waals surface area contributed by atoms with Crippen molar-refractivity contribution < 1.29 is 14.7 Å². The smallest absolute Gasteiger partial charge is 0.307 e. The molecule has 0 unspecified atom stereocenters. The van der Waals surface area contributed by atoms with Crippen LogP contribution in [0.3, 0.4) is 0 Å². The van der Waals surface area contributed by atoms with Crippen LogP contribution >= 0.6 is 0 Å². The number of rotatable bonds is 4. The van der Waals surface area contributed by atoms with Crippen LogP contribution in [0.4, 0.5) is 0 Å². The molecule has 0 bridgehead atoms. The zero-order valence-electron chi connectivity index (χ0n) is 5.83. The summed E-state index contributed by atoms with van der Waals surface area (Å²) in [6, 6.07) is 0. The van der Waals surface area contributed by atoms with Gasteiger partial charge in [0.1, 0.15) is 0 Å². The minimum absolute atomic E-state index is 0.0637. The number of nitrogens with two attached hydrogens (primary N) is 1. The Hall–Kier alpha value is -1.06. The molecule has 0 aromatic heterocycles. The molecule has 0 aliphatic carbocycles. The van der Waals surface area contributed by atoms with E-state index in [1.807, 2.05) is 0 Å². The number of aliphatic carboxylic acids is 1. The summed E-state index contributed by atoms with van der Waals surface area (Å²) in [6.45, 7) is 1.71. The Bertz CT molecular complexity index is 144. The highest BCUT2D eigenvalue weighted by atomic mass is 16.4. The Labute approximate surface area is 59.0 Å². The molecule has 0 fully saturated rings. The minimum Gasteiger partial charge on any atom is -0.481 e. The molecule has 0 aromatic rings. The van der Waals surface area contributed by atoms with E-state index in [-0.39, 0.29) is 6.42 Å². The standard InChI is InChI=1S/C6H11NO3/c1-2-4(6(9)10)3-5(7)8/h4H,2-3H2,1H3,(H2,7,8)(H,9,10)/t4-/m0/s1. The number of carboxylic acids is 1. The summed E-state index contributed by atoms with van der Waals surface area (Å²) >= 11 is 0. The quantitative estimate of drug-likeness (QED) is 0.583. The highest BCUT2D eigenvalue weighted by Crippen LogP contribution is 2.06. The van der Waals surface area contributed by atoms with Gasteiger partial charge in [0.05, 0.1) is 5.92 Å². The van der Waals surface area contributed by atoms with Gasteiger partial charge in [0.15, 0.2) is 0 Å². The molecule has 58 valence electrons. The van der Waals surface area contributed by atoms with Crippen LogP contribution in [0.15, 0.2) is 0 Å². The third kappa shape index (κ3) is 3.06. The van der Waals surface area contributed by atoms with Gasteiger partial charge >= 0.3 is 5.97 Å². The largest absolute Gasteiger partial charge is 0.481 e. The highest BCUT2D eigenvalue weighted by molar-refractivity contribution is 5.80. The van der Waals surface area contributed by atoms with Gasteiger partial charge in [-0.25, -0.2) is 0 Å². The summed E-state index contributed by atoms with van der Waals surface area (Å²) < 4.78 is 0. The summed E-state index contributed by atoms with van der Waals surface area (Å²) in [4.78, 5) is 20.5. The van der Waals surface area contributed by atoms with Crippen LogP contribution in [-0.4, -0.2) is 17.0 Å². The van der Waals surface area contributed by atoms with E-state index >= 15 is 0 Å². The summed E-state index contributed by atoms with van der Waals surface area (Å²) in [5.74, 6) is -2.13. The van der Waals surface area contributed by atoms with Gasteiger partial charge in [-0.05, 0) is 6.42 Å². The van der Waals surface area contributed by atoms with Crippen molar-refractivity contribution in [1.29, 1.82) is 0 Å². The van der Waals surface area contributed by atoms with E-state index in [1.54, 1.807) is 6.92 Å². The van der Waals surface area contributed by atoms with Crippen molar-refractivity contribution in [3.8, 4) is 0 Å². The van der Waals surface area contributed by atoms with Crippen LogP contribution in [0.2, 0.25) is 0 Å². The lowest BCUT2D eigenvalue weighted by molar-refractivity contribution is -0.143. The first kappa shape index (κ1) is 8.94. The van der Waals surface area contributed by atoms with E-state index in [1.165, 1.54) is 0 Å². The molecule has 0 rings (SSSR count). The van der Waals surface area contributed by atoms with Gasteiger partial charge in [0.25, 0.3) is 0 Å². The van der Waals surface area contributed by atoms with Gasteiger partial charge in [0, 0.05) is 6.42 Å². The molecule has 0 aliphatic rings. The van der Waals surface area contributed by atoms with E-state index in [0.717, 1.165) is 0 Å². The van der Waals surface area contributed by atoms with Crippen molar-refractivity contribution in [2.45, 2.75) is 19.8 Å². The van der Waals surface area contributed by atoms with Crippen LogP contribution in [0.1, 0.15) is 19.8 Å². The zero-order chi connectivity index (χ0) is 8.15. The second-order valence-corrected chi connectivity index (χ2v) is 2.11. The third-order valence-corrected chi connectivity index (χ3v) is 1.29. The monoisotopic (exact) mass is 145 g/mol. The van der Waals surface area contributed by atoms with Crippen molar-refractivity contribution in [3.63, 3.8) is 0 Å². The second-order valence-electron chi connectivity index (χ2n) is 2.11. The first-order valence-electron chi connectivity index (χ1n) is 3.09. The van der Waals surface area contributed by atoms with Crippen molar-refractivity contribution in [1.82, 2.24) is 0 Å². The number of hydrogen-bond donors (Lipinski definition) is 2. The molecule has 0 aliphatic heterocycles. The van der Waals surface area contributed by atoms with Crippen molar-refractivity contribution in [2.75, 3.05) is 0 Å². The van der Waals surface area contributed by atoms with Crippen LogP contribution < -0.4 is 5.73 Å². The van der Waals surface area contributed by atoms with E-state index in [0.29, 0.717) is 6.42 Å². The topological polar surface area (TPSA) is 80.4 Å². The van der Waals surface area contributed by atoms with Gasteiger partial charge in [-0.2, -0.15) is 0 Å². The average Bonchev–Trinajstić information content (AvgIpc) is 1.81. The van der Waals surface area contributed by atoms with Crippen LogP contribution in [0.25, 0.3) is 0 Å². The molecule has 3 N–H and O–H groups in total. The van der Waals surface area contributed by atoms with Gasteiger partial charge in [-0.3, -0.25) is 9.59 Å². The maximum absolute atomic E-state index is 10.3. The van der Waals surface area contributed by atoms with Crippen LogP contribution in [0, 0.1) is 5.92 Å². The molecule has 0 aromatic carbocycles. The molecular formula is C6H11NO3. The average molecular weight is 145 g/mol. The fraction of sp³-hybridized carbons (Fsp3) is 0.667. The van der Waals surface area contributed by atoms with Gasteiger partial charge < -0.3 is 10.8 Å². The van der Waals surface area contributed by atoms with Gasteiger partial charge in [0.2, 0.25) is 5.91 Å². The first-order valence-corrected chi connectivity index (χ1v) is 3.09. The molecule has 0 radical (unpaired) electrons. The van der Waals surface area contributed by atoms with E-state index < -0.39 is 17.8 Å². The van der Waals surface area contributed by atoms with Crippen molar-refractivity contribution in [3.05, 3.63) is 0 Å². The molecule has 1 amide bonds. The summed E-state index contributed by atoms with van der Waals surface area (Å²) in [7, 11) is 0. The highest BCUT2D eigenvalue weighted by Gasteiger charge is 2.16. The van der Waals surface area contributed by atoms with Crippen LogP contribution in [-0.2, 0) is 9.59 Å². The Balaban J connectivity index is 3.83. The Morgan fingerprint density at radius 2 is 2.10 bits per heavy atom. The molecule has 4 heteroatoms. The lowest BCUT2D eigenvalue weighted by atomic mass is 10.0. The predicted octanol–water partition coefficient (Wildman–Crippen LogP) is -0.0274. The molecule has 0 heterocycles. The minimum atomic E-state index is -0.957. The number of amides is 1. The van der Waals surface area contributed by atoms with E-state index in [2.05, 4.69) is 0 Å². The Morgan fingerprint density at radius 1 is 1.60 bits per heavy atom. The maximum atomic E-state index is 10.3. The fourth-order valence-corrected chi connectivity index (χ4v) is 0.649. The molecule has 1 atom stereocenters. The number of primary amides is 1. The van der Waals surface area contributed by atoms with Gasteiger partial charge in [-0.1, -0.05) is 6.92 Å². The first-order chi connectivity index (χ1) is 4.57. The summed E-state index contributed by atoms with van der Waals surface area (Å²) in [5, 5.41) is 8.41. The Morgan fingerprint density at radius 3 is 2.20 bits per heavy atom. The number of carbonyl (C=O) groups is 2. The van der Waals surface area contributed by atoms with Crippen LogP contribution in [0.5, 0.6) is 0 Å². The second kappa shape index (κ2) is 3.87.